The van der Waals surface area contributed by atoms with Gasteiger partial charge in [0, 0.05) is 6.42 Å². The van der Waals surface area contributed by atoms with Crippen molar-refractivity contribution in [3.63, 3.8) is 0 Å². The largest absolute Gasteiger partial charge is 0.485 e. The Labute approximate surface area is 131 Å². The molecule has 0 fully saturated rings. The quantitative estimate of drug-likeness (QED) is 0.733. The van der Waals surface area contributed by atoms with E-state index in [0.29, 0.717) is 6.42 Å². The molecule has 0 heterocycles. The highest BCUT2D eigenvalue weighted by molar-refractivity contribution is 7.85. The highest BCUT2D eigenvalue weighted by atomic mass is 32.2. The van der Waals surface area contributed by atoms with Crippen molar-refractivity contribution in [3.05, 3.63) is 65.7 Å². The summed E-state index contributed by atoms with van der Waals surface area (Å²) < 4.78 is 33.1. The van der Waals surface area contributed by atoms with Gasteiger partial charge < -0.3 is 4.74 Å². The average molecular weight is 320 g/mol. The molecule has 2 aromatic rings. The van der Waals surface area contributed by atoms with E-state index in [1.54, 1.807) is 0 Å². The van der Waals surface area contributed by atoms with Crippen LogP contribution < -0.4 is 4.74 Å². The fraction of sp³-hybridized carbons (Fsp3) is 0.294. The molecular formula is C17H20O4S. The summed E-state index contributed by atoms with van der Waals surface area (Å²) in [6.45, 7) is 2.06. The van der Waals surface area contributed by atoms with Gasteiger partial charge in [-0.25, -0.2) is 0 Å². The Bertz CT molecular complexity index is 696. The van der Waals surface area contributed by atoms with Crippen molar-refractivity contribution in [2.24, 2.45) is 0 Å². The van der Waals surface area contributed by atoms with Crippen LogP contribution >= 0.6 is 0 Å². The van der Waals surface area contributed by atoms with Gasteiger partial charge in [-0.3, -0.25) is 4.18 Å². The minimum atomic E-state index is -3.44. The van der Waals surface area contributed by atoms with Crippen molar-refractivity contribution < 1.29 is 17.3 Å². The summed E-state index contributed by atoms with van der Waals surface area (Å²) in [6, 6.07) is 17.5. The van der Waals surface area contributed by atoms with Crippen LogP contribution in [0.25, 0.3) is 0 Å². The maximum Gasteiger partial charge on any atom is 0.264 e. The van der Waals surface area contributed by atoms with Gasteiger partial charge in [0.05, 0.1) is 12.9 Å². The van der Waals surface area contributed by atoms with Gasteiger partial charge in [-0.2, -0.15) is 8.42 Å². The first kappa shape index (κ1) is 16.5. The maximum atomic E-state index is 11.1. The fourth-order valence-corrected chi connectivity index (χ4v) is 2.51. The average Bonchev–Trinajstić information content (AvgIpc) is 2.48. The van der Waals surface area contributed by atoms with Crippen molar-refractivity contribution in [2.75, 3.05) is 12.9 Å². The van der Waals surface area contributed by atoms with Gasteiger partial charge >= 0.3 is 0 Å². The third-order valence-electron chi connectivity index (χ3n) is 3.21. The lowest BCUT2D eigenvalue weighted by Crippen LogP contribution is -2.13. The van der Waals surface area contributed by atoms with E-state index in [-0.39, 0.29) is 12.7 Å². The maximum absolute atomic E-state index is 11.1. The van der Waals surface area contributed by atoms with Crippen molar-refractivity contribution in [1.82, 2.24) is 0 Å². The van der Waals surface area contributed by atoms with Gasteiger partial charge in [0.25, 0.3) is 10.1 Å². The Morgan fingerprint density at radius 1 is 1.00 bits per heavy atom. The molecule has 0 saturated carbocycles. The van der Waals surface area contributed by atoms with Gasteiger partial charge in [-0.1, -0.05) is 48.5 Å². The molecule has 4 nitrogen and oxygen atoms in total. The molecule has 0 aromatic heterocycles. The van der Waals surface area contributed by atoms with E-state index in [1.165, 1.54) is 0 Å². The number of hydrogen-bond acceptors (Lipinski definition) is 4. The van der Waals surface area contributed by atoms with Crippen LogP contribution in [0.2, 0.25) is 0 Å². The Balaban J connectivity index is 2.13. The Kier molecular flexibility index (Phi) is 5.57. The van der Waals surface area contributed by atoms with Crippen LogP contribution in [0.15, 0.2) is 54.6 Å². The zero-order valence-corrected chi connectivity index (χ0v) is 13.5. The monoisotopic (exact) mass is 320 g/mol. The summed E-state index contributed by atoms with van der Waals surface area (Å²) in [5, 5.41) is 0. The standard InChI is InChI=1S/C17H20O4S/c1-14-8-6-7-11-16(14)21-17(12-13-20-22(2,18)19)15-9-4-3-5-10-15/h3-11,17H,12-13H2,1-2H3/t17-/m1/s1. The van der Waals surface area contributed by atoms with E-state index >= 15 is 0 Å². The number of ether oxygens (including phenoxy) is 1. The van der Waals surface area contributed by atoms with Crippen LogP contribution in [-0.4, -0.2) is 21.3 Å². The summed E-state index contributed by atoms with van der Waals surface area (Å²) in [5.41, 5.74) is 2.02. The third-order valence-corrected chi connectivity index (χ3v) is 3.81. The summed E-state index contributed by atoms with van der Waals surface area (Å²) >= 11 is 0. The predicted octanol–water partition coefficient (Wildman–Crippen LogP) is 3.48. The summed E-state index contributed by atoms with van der Waals surface area (Å²) in [6.07, 6.45) is 1.24. The Morgan fingerprint density at radius 3 is 2.27 bits per heavy atom. The Hall–Kier alpha value is -1.85. The molecule has 2 rings (SSSR count). The number of rotatable bonds is 7. The van der Waals surface area contributed by atoms with Crippen molar-refractivity contribution in [1.29, 1.82) is 0 Å². The lowest BCUT2D eigenvalue weighted by molar-refractivity contribution is 0.165. The molecule has 0 aliphatic heterocycles. The van der Waals surface area contributed by atoms with Crippen LogP contribution in [0.3, 0.4) is 0 Å². The predicted molar refractivity (Wildman–Crippen MR) is 86.4 cm³/mol. The second kappa shape index (κ2) is 7.42. The van der Waals surface area contributed by atoms with E-state index in [4.69, 9.17) is 8.92 Å². The smallest absolute Gasteiger partial charge is 0.264 e. The summed E-state index contributed by atoms with van der Waals surface area (Å²) in [7, 11) is -3.44. The summed E-state index contributed by atoms with van der Waals surface area (Å²) in [5.74, 6) is 0.788. The molecule has 0 aliphatic rings. The molecule has 0 radical (unpaired) electrons. The summed E-state index contributed by atoms with van der Waals surface area (Å²) in [4.78, 5) is 0. The second-order valence-electron chi connectivity index (χ2n) is 5.10. The molecule has 0 unspecified atom stereocenters. The molecule has 0 spiro atoms. The van der Waals surface area contributed by atoms with Crippen LogP contribution in [0.4, 0.5) is 0 Å². The highest BCUT2D eigenvalue weighted by Gasteiger charge is 2.15. The molecule has 0 amide bonds. The SMILES string of the molecule is Cc1ccccc1O[C@H](CCOS(C)(=O)=O)c1ccccc1. The number of benzene rings is 2. The van der Waals surface area contributed by atoms with Gasteiger partial charge in [0.15, 0.2) is 0 Å². The minimum Gasteiger partial charge on any atom is -0.485 e. The zero-order chi connectivity index (χ0) is 16.0. The molecule has 0 N–H and O–H groups in total. The molecule has 1 atom stereocenters. The first-order valence-electron chi connectivity index (χ1n) is 7.07. The lowest BCUT2D eigenvalue weighted by Gasteiger charge is -2.20. The normalized spacial score (nSPS) is 12.8. The first-order valence-corrected chi connectivity index (χ1v) is 8.89. The molecule has 5 heteroatoms. The van der Waals surface area contributed by atoms with Crippen molar-refractivity contribution in [3.8, 4) is 5.75 Å². The second-order valence-corrected chi connectivity index (χ2v) is 6.74. The van der Waals surface area contributed by atoms with Crippen LogP contribution in [0, 0.1) is 6.92 Å². The number of para-hydroxylation sites is 1. The van der Waals surface area contributed by atoms with E-state index in [9.17, 15) is 8.42 Å². The van der Waals surface area contributed by atoms with E-state index in [2.05, 4.69) is 0 Å². The van der Waals surface area contributed by atoms with Crippen LogP contribution in [-0.2, 0) is 14.3 Å². The minimum absolute atomic E-state index is 0.0876. The van der Waals surface area contributed by atoms with Gasteiger partial charge in [0.1, 0.15) is 11.9 Å². The van der Waals surface area contributed by atoms with Gasteiger partial charge in [-0.05, 0) is 24.1 Å². The molecule has 0 bridgehead atoms. The highest BCUT2D eigenvalue weighted by Crippen LogP contribution is 2.27. The number of hydrogen-bond donors (Lipinski definition) is 0. The molecule has 118 valence electrons. The molecule has 0 saturated heterocycles. The van der Waals surface area contributed by atoms with Crippen LogP contribution in [0.1, 0.15) is 23.7 Å². The van der Waals surface area contributed by atoms with Gasteiger partial charge in [0.2, 0.25) is 0 Å². The topological polar surface area (TPSA) is 52.6 Å². The Morgan fingerprint density at radius 2 is 1.64 bits per heavy atom. The molecule has 2 aromatic carbocycles. The third kappa shape index (κ3) is 5.16. The zero-order valence-electron chi connectivity index (χ0n) is 12.7. The number of aryl methyl sites for hydroxylation is 1. The molecular weight excluding hydrogens is 300 g/mol. The van der Waals surface area contributed by atoms with E-state index in [0.717, 1.165) is 23.1 Å². The van der Waals surface area contributed by atoms with Crippen molar-refractivity contribution in [2.45, 2.75) is 19.4 Å². The molecule has 0 aliphatic carbocycles. The molecule has 22 heavy (non-hydrogen) atoms. The van der Waals surface area contributed by atoms with Crippen LogP contribution in [0.5, 0.6) is 5.75 Å². The van der Waals surface area contributed by atoms with Gasteiger partial charge in [-0.15, -0.1) is 0 Å². The fourth-order valence-electron chi connectivity index (χ4n) is 2.11. The van der Waals surface area contributed by atoms with E-state index in [1.807, 2.05) is 61.5 Å². The lowest BCUT2D eigenvalue weighted by atomic mass is 10.1. The van der Waals surface area contributed by atoms with Crippen molar-refractivity contribution >= 4 is 10.1 Å². The van der Waals surface area contributed by atoms with E-state index < -0.39 is 10.1 Å². The first-order chi connectivity index (χ1) is 10.5.